The van der Waals surface area contributed by atoms with E-state index in [1.165, 1.54) is 0 Å². The monoisotopic (exact) mass is 323 g/mol. The lowest BCUT2D eigenvalue weighted by atomic mass is 10.1. The predicted octanol–water partition coefficient (Wildman–Crippen LogP) is 5.21. The lowest BCUT2D eigenvalue weighted by Crippen LogP contribution is -1.97. The molecule has 0 aliphatic heterocycles. The van der Waals surface area contributed by atoms with Gasteiger partial charge in [-0.15, -0.1) is 0 Å². The van der Waals surface area contributed by atoms with Crippen LogP contribution in [0.2, 0.25) is 0 Å². The van der Waals surface area contributed by atoms with Crippen LogP contribution in [0.15, 0.2) is 59.5 Å². The molecule has 0 saturated carbocycles. The molecule has 0 fully saturated rings. The van der Waals surface area contributed by atoms with Crippen molar-refractivity contribution in [2.75, 3.05) is 0 Å². The summed E-state index contributed by atoms with van der Waals surface area (Å²) in [6.45, 7) is 4.16. The summed E-state index contributed by atoms with van der Waals surface area (Å²) in [6.07, 6.45) is 5.16. The van der Waals surface area contributed by atoms with Gasteiger partial charge in [0.25, 0.3) is 0 Å². The standard InChI is InChI=1S/C20H21NOS/c1-3-4-5-6-20(18-11-9-17(15-21)10-12-18)23(22)19-13-7-16(2)8-14-19/h6-14H,3-5H2,1-2H3/b20-6-/t23-/m0/s1. The third kappa shape index (κ3) is 4.64. The summed E-state index contributed by atoms with van der Waals surface area (Å²) in [5, 5.41) is 8.93. The first kappa shape index (κ1) is 17.2. The Balaban J connectivity index is 2.36. The van der Waals surface area contributed by atoms with Crippen LogP contribution in [0.4, 0.5) is 0 Å². The zero-order valence-corrected chi connectivity index (χ0v) is 14.4. The number of benzene rings is 2. The molecule has 2 aromatic carbocycles. The van der Waals surface area contributed by atoms with Crippen molar-refractivity contribution < 1.29 is 4.21 Å². The van der Waals surface area contributed by atoms with E-state index in [0.29, 0.717) is 5.56 Å². The normalized spacial score (nSPS) is 12.7. The number of hydrogen-bond acceptors (Lipinski definition) is 2. The van der Waals surface area contributed by atoms with Crippen LogP contribution in [0.5, 0.6) is 0 Å². The van der Waals surface area contributed by atoms with Crippen molar-refractivity contribution in [3.05, 3.63) is 71.3 Å². The largest absolute Gasteiger partial charge is 0.249 e. The fourth-order valence-corrected chi connectivity index (χ4v) is 3.49. The first-order valence-corrected chi connectivity index (χ1v) is 9.00. The molecule has 3 heteroatoms. The Kier molecular flexibility index (Phi) is 6.31. The fourth-order valence-electron chi connectivity index (χ4n) is 2.24. The van der Waals surface area contributed by atoms with Crippen LogP contribution < -0.4 is 0 Å². The summed E-state index contributed by atoms with van der Waals surface area (Å²) >= 11 is 0. The molecule has 2 aromatic rings. The van der Waals surface area contributed by atoms with E-state index in [2.05, 4.69) is 19.1 Å². The third-order valence-corrected chi connectivity index (χ3v) is 5.12. The molecule has 0 heterocycles. The van der Waals surface area contributed by atoms with Crippen LogP contribution in [0.25, 0.3) is 4.91 Å². The highest BCUT2D eigenvalue weighted by Crippen LogP contribution is 2.26. The van der Waals surface area contributed by atoms with Gasteiger partial charge in [0.1, 0.15) is 0 Å². The van der Waals surface area contributed by atoms with Crippen LogP contribution >= 0.6 is 0 Å². The third-order valence-electron chi connectivity index (χ3n) is 3.62. The first-order valence-electron chi connectivity index (χ1n) is 7.85. The van der Waals surface area contributed by atoms with Crippen LogP contribution in [-0.4, -0.2) is 4.21 Å². The summed E-state index contributed by atoms with van der Waals surface area (Å²) < 4.78 is 13.0. The number of allylic oxidation sites excluding steroid dienone is 1. The lowest BCUT2D eigenvalue weighted by Gasteiger charge is -2.09. The van der Waals surface area contributed by atoms with E-state index in [-0.39, 0.29) is 0 Å². The van der Waals surface area contributed by atoms with Gasteiger partial charge in [-0.05, 0) is 43.2 Å². The molecular formula is C20H21NOS. The maximum atomic E-state index is 13.0. The molecule has 0 radical (unpaired) electrons. The van der Waals surface area contributed by atoms with Gasteiger partial charge in [0.2, 0.25) is 0 Å². The molecule has 0 aromatic heterocycles. The van der Waals surface area contributed by atoms with Crippen molar-refractivity contribution in [2.45, 2.75) is 38.0 Å². The highest BCUT2D eigenvalue weighted by molar-refractivity contribution is 7.94. The smallest absolute Gasteiger partial charge is 0.0991 e. The van der Waals surface area contributed by atoms with E-state index in [0.717, 1.165) is 40.2 Å². The van der Waals surface area contributed by atoms with Crippen molar-refractivity contribution in [1.29, 1.82) is 5.26 Å². The molecule has 0 amide bonds. The van der Waals surface area contributed by atoms with E-state index < -0.39 is 10.8 Å². The Bertz CT molecular complexity index is 737. The van der Waals surface area contributed by atoms with Gasteiger partial charge in [-0.1, -0.05) is 55.7 Å². The van der Waals surface area contributed by atoms with Crippen LogP contribution in [0, 0.1) is 18.3 Å². The SMILES string of the molecule is CCCC/C=C(/c1ccc(C#N)cc1)[S@@](=O)c1ccc(C)cc1. The summed E-state index contributed by atoms with van der Waals surface area (Å²) in [5.41, 5.74) is 2.68. The maximum absolute atomic E-state index is 13.0. The number of nitriles is 1. The van der Waals surface area contributed by atoms with Gasteiger partial charge in [-0.2, -0.15) is 5.26 Å². The van der Waals surface area contributed by atoms with Gasteiger partial charge in [0.15, 0.2) is 0 Å². The van der Waals surface area contributed by atoms with Crippen LogP contribution in [0.1, 0.15) is 42.9 Å². The van der Waals surface area contributed by atoms with E-state index in [1.54, 1.807) is 12.1 Å². The molecule has 2 nitrogen and oxygen atoms in total. The van der Waals surface area contributed by atoms with Gasteiger partial charge in [0.05, 0.1) is 22.4 Å². The van der Waals surface area contributed by atoms with Gasteiger partial charge in [-0.3, -0.25) is 0 Å². The van der Waals surface area contributed by atoms with Crippen LogP contribution in [0.3, 0.4) is 0 Å². The van der Waals surface area contributed by atoms with Crippen molar-refractivity contribution in [3.8, 4) is 6.07 Å². The minimum atomic E-state index is -1.21. The molecule has 1 atom stereocenters. The second kappa shape index (κ2) is 8.45. The summed E-state index contributed by atoms with van der Waals surface area (Å²) in [6, 6.07) is 17.2. The van der Waals surface area contributed by atoms with Gasteiger partial charge in [-0.25, -0.2) is 4.21 Å². The fraction of sp³-hybridized carbons (Fsp3) is 0.250. The van der Waals surface area contributed by atoms with E-state index in [9.17, 15) is 4.21 Å². The number of hydrogen-bond donors (Lipinski definition) is 0. The molecule has 0 N–H and O–H groups in total. The molecule has 23 heavy (non-hydrogen) atoms. The predicted molar refractivity (Wildman–Crippen MR) is 96.2 cm³/mol. The zero-order valence-electron chi connectivity index (χ0n) is 13.6. The molecule has 0 aliphatic carbocycles. The second-order valence-corrected chi connectivity index (χ2v) is 6.93. The number of rotatable bonds is 6. The van der Waals surface area contributed by atoms with E-state index >= 15 is 0 Å². The van der Waals surface area contributed by atoms with Crippen molar-refractivity contribution >= 4 is 15.7 Å². The van der Waals surface area contributed by atoms with E-state index in [4.69, 9.17) is 5.26 Å². The average molecular weight is 323 g/mol. The quantitative estimate of drug-likeness (QED) is 0.685. The van der Waals surface area contributed by atoms with Crippen molar-refractivity contribution in [1.82, 2.24) is 0 Å². The Morgan fingerprint density at radius 1 is 1.13 bits per heavy atom. The second-order valence-electron chi connectivity index (χ2n) is 5.48. The first-order chi connectivity index (χ1) is 11.2. The van der Waals surface area contributed by atoms with Crippen LogP contribution in [-0.2, 0) is 10.8 Å². The number of unbranched alkanes of at least 4 members (excludes halogenated alkanes) is 2. The molecular weight excluding hydrogens is 302 g/mol. The Morgan fingerprint density at radius 2 is 1.78 bits per heavy atom. The van der Waals surface area contributed by atoms with Gasteiger partial charge >= 0.3 is 0 Å². The molecule has 0 aliphatic rings. The molecule has 118 valence electrons. The molecule has 0 unspecified atom stereocenters. The topological polar surface area (TPSA) is 40.9 Å². The van der Waals surface area contributed by atoms with Crippen molar-refractivity contribution in [2.24, 2.45) is 0 Å². The maximum Gasteiger partial charge on any atom is 0.0991 e. The van der Waals surface area contributed by atoms with Gasteiger partial charge in [0, 0.05) is 9.80 Å². The lowest BCUT2D eigenvalue weighted by molar-refractivity contribution is 0.689. The molecule has 2 rings (SSSR count). The molecule has 0 saturated heterocycles. The highest BCUT2D eigenvalue weighted by atomic mass is 32.2. The number of aryl methyl sites for hydroxylation is 1. The van der Waals surface area contributed by atoms with E-state index in [1.807, 2.05) is 43.3 Å². The minimum Gasteiger partial charge on any atom is -0.249 e. The number of nitrogens with zero attached hydrogens (tertiary/aromatic N) is 1. The highest BCUT2D eigenvalue weighted by Gasteiger charge is 2.12. The Morgan fingerprint density at radius 3 is 2.35 bits per heavy atom. The summed E-state index contributed by atoms with van der Waals surface area (Å²) in [5.74, 6) is 0. The molecule has 0 spiro atoms. The Labute approximate surface area is 140 Å². The van der Waals surface area contributed by atoms with Crippen molar-refractivity contribution in [3.63, 3.8) is 0 Å². The summed E-state index contributed by atoms with van der Waals surface area (Å²) in [4.78, 5) is 1.63. The molecule has 0 bridgehead atoms. The minimum absolute atomic E-state index is 0.614. The summed E-state index contributed by atoms with van der Waals surface area (Å²) in [7, 11) is -1.21. The van der Waals surface area contributed by atoms with Gasteiger partial charge < -0.3 is 0 Å². The zero-order chi connectivity index (χ0) is 16.7. The average Bonchev–Trinajstić information content (AvgIpc) is 2.59. The Hall–Kier alpha value is -2.18.